The first-order chi connectivity index (χ1) is 15.8. The number of nitrogens with zero attached hydrogens (tertiary/aromatic N) is 2. The van der Waals surface area contributed by atoms with Crippen LogP contribution in [0.1, 0.15) is 60.9 Å². The second kappa shape index (κ2) is 9.78. The Morgan fingerprint density at radius 1 is 1.03 bits per heavy atom. The summed E-state index contributed by atoms with van der Waals surface area (Å²) in [5.41, 5.74) is 3.01. The Bertz CT molecular complexity index is 952. The Hall–Kier alpha value is -2.79. The predicted octanol–water partition coefficient (Wildman–Crippen LogP) is 5.24. The number of carbonyl (C=O) groups is 1. The van der Waals surface area contributed by atoms with Crippen molar-refractivity contribution in [1.29, 1.82) is 0 Å². The minimum absolute atomic E-state index is 0.144. The first-order valence-electron chi connectivity index (χ1n) is 12.0. The molecule has 0 saturated carbocycles. The number of carbonyl (C=O) groups excluding carboxylic acids is 1. The summed E-state index contributed by atoms with van der Waals surface area (Å²) >= 11 is 0. The first-order valence-corrected chi connectivity index (χ1v) is 12.0. The van der Waals surface area contributed by atoms with Gasteiger partial charge in [0, 0.05) is 36.7 Å². The van der Waals surface area contributed by atoms with Crippen LogP contribution in [0.25, 0.3) is 5.76 Å². The summed E-state index contributed by atoms with van der Waals surface area (Å²) < 4.78 is 11.7. The Morgan fingerprint density at radius 2 is 1.88 bits per heavy atom. The largest absolute Gasteiger partial charge is 0.465 e. The lowest BCUT2D eigenvalue weighted by molar-refractivity contribution is 0.0708. The highest BCUT2D eigenvalue weighted by Gasteiger charge is 2.31. The lowest BCUT2D eigenvalue weighted by atomic mass is 10.0. The SMILES string of the molecule is O=C(c1ccc(C2=COC=C(CC3=CC=CCC3)O2)cc1)N1CCCC1CN1CCCC1. The Labute approximate surface area is 190 Å². The normalized spacial score (nSPS) is 23.3. The summed E-state index contributed by atoms with van der Waals surface area (Å²) in [5.74, 6) is 1.64. The average Bonchev–Trinajstić information content (AvgIpc) is 3.52. The van der Waals surface area contributed by atoms with E-state index in [2.05, 4.69) is 28.0 Å². The molecule has 5 heteroatoms. The van der Waals surface area contributed by atoms with Gasteiger partial charge in [-0.15, -0.1) is 0 Å². The number of hydrogen-bond acceptors (Lipinski definition) is 4. The first kappa shape index (κ1) is 21.1. The molecule has 5 nitrogen and oxygen atoms in total. The zero-order chi connectivity index (χ0) is 21.8. The molecule has 0 radical (unpaired) electrons. The molecular weight excluding hydrogens is 400 g/mol. The third-order valence-corrected chi connectivity index (χ3v) is 6.84. The fourth-order valence-electron chi connectivity index (χ4n) is 5.09. The molecule has 3 heterocycles. The van der Waals surface area contributed by atoms with Crippen LogP contribution in [0.5, 0.6) is 0 Å². The lowest BCUT2D eigenvalue weighted by Gasteiger charge is -2.28. The van der Waals surface area contributed by atoms with Crippen molar-refractivity contribution in [3.63, 3.8) is 0 Å². The van der Waals surface area contributed by atoms with Gasteiger partial charge in [-0.1, -0.05) is 35.9 Å². The predicted molar refractivity (Wildman–Crippen MR) is 125 cm³/mol. The lowest BCUT2D eigenvalue weighted by Crippen LogP contribution is -2.42. The molecule has 2 saturated heterocycles. The molecule has 1 aliphatic carbocycles. The number of ether oxygens (including phenoxy) is 2. The molecule has 1 aromatic carbocycles. The number of benzene rings is 1. The van der Waals surface area contributed by atoms with Crippen LogP contribution in [0.4, 0.5) is 0 Å². The molecule has 5 rings (SSSR count). The summed E-state index contributed by atoms with van der Waals surface area (Å²) in [5, 5.41) is 0. The van der Waals surface area contributed by atoms with Crippen LogP contribution in [0.3, 0.4) is 0 Å². The van der Waals surface area contributed by atoms with Gasteiger partial charge in [0.2, 0.25) is 0 Å². The Morgan fingerprint density at radius 3 is 2.66 bits per heavy atom. The molecule has 1 aromatic rings. The Balaban J connectivity index is 1.21. The monoisotopic (exact) mass is 432 g/mol. The van der Waals surface area contributed by atoms with E-state index < -0.39 is 0 Å². The molecular formula is C27H32N2O3. The highest BCUT2D eigenvalue weighted by Crippen LogP contribution is 2.29. The average molecular weight is 433 g/mol. The van der Waals surface area contributed by atoms with Crippen LogP contribution < -0.4 is 0 Å². The molecule has 1 unspecified atom stereocenters. The number of hydrogen-bond donors (Lipinski definition) is 0. The summed E-state index contributed by atoms with van der Waals surface area (Å²) in [7, 11) is 0. The van der Waals surface area contributed by atoms with E-state index in [1.54, 1.807) is 12.5 Å². The maximum atomic E-state index is 13.2. The highest BCUT2D eigenvalue weighted by molar-refractivity contribution is 5.95. The second-order valence-corrected chi connectivity index (χ2v) is 9.15. The number of amides is 1. The van der Waals surface area contributed by atoms with Crippen molar-refractivity contribution in [2.45, 2.75) is 51.0 Å². The quantitative estimate of drug-likeness (QED) is 0.617. The van der Waals surface area contributed by atoms with Crippen molar-refractivity contribution in [2.75, 3.05) is 26.2 Å². The number of likely N-dealkylation sites (tertiary alicyclic amines) is 2. The molecule has 4 aliphatic rings. The maximum absolute atomic E-state index is 13.2. The van der Waals surface area contributed by atoms with Crippen LogP contribution in [0.15, 0.2) is 66.3 Å². The van der Waals surface area contributed by atoms with Crippen LogP contribution in [0.2, 0.25) is 0 Å². The summed E-state index contributed by atoms with van der Waals surface area (Å²) in [4.78, 5) is 17.8. The number of allylic oxidation sites excluding steroid dienone is 4. The van der Waals surface area contributed by atoms with Crippen molar-refractivity contribution in [3.05, 3.63) is 77.5 Å². The van der Waals surface area contributed by atoms with Gasteiger partial charge in [0.1, 0.15) is 18.3 Å². The van der Waals surface area contributed by atoms with Gasteiger partial charge >= 0.3 is 0 Å². The zero-order valence-electron chi connectivity index (χ0n) is 18.7. The van der Waals surface area contributed by atoms with E-state index in [1.807, 2.05) is 24.3 Å². The molecule has 0 bridgehead atoms. The minimum atomic E-state index is 0.144. The molecule has 0 spiro atoms. The van der Waals surface area contributed by atoms with Crippen molar-refractivity contribution >= 4 is 11.7 Å². The summed E-state index contributed by atoms with van der Waals surface area (Å²) in [6, 6.07) is 8.09. The van der Waals surface area contributed by atoms with Crippen molar-refractivity contribution in [2.24, 2.45) is 0 Å². The Kier molecular flexibility index (Phi) is 6.44. The molecule has 1 atom stereocenters. The van der Waals surface area contributed by atoms with Gasteiger partial charge in [0.25, 0.3) is 5.91 Å². The molecule has 3 aliphatic heterocycles. The second-order valence-electron chi connectivity index (χ2n) is 9.15. The molecule has 0 aromatic heterocycles. The molecule has 1 amide bonds. The fourth-order valence-corrected chi connectivity index (χ4v) is 5.09. The fraction of sp³-hybridized carbons (Fsp3) is 0.444. The van der Waals surface area contributed by atoms with Crippen molar-refractivity contribution in [1.82, 2.24) is 9.80 Å². The van der Waals surface area contributed by atoms with Crippen LogP contribution in [0, 0.1) is 0 Å². The van der Waals surface area contributed by atoms with Gasteiger partial charge in [-0.05, 0) is 63.7 Å². The molecule has 0 N–H and O–H groups in total. The van der Waals surface area contributed by atoms with E-state index in [4.69, 9.17) is 9.47 Å². The topological polar surface area (TPSA) is 42.0 Å². The highest BCUT2D eigenvalue weighted by atomic mass is 16.5. The van der Waals surface area contributed by atoms with E-state index in [1.165, 1.54) is 31.5 Å². The number of rotatable bonds is 6. The van der Waals surface area contributed by atoms with Gasteiger partial charge in [0.05, 0.1) is 0 Å². The third-order valence-electron chi connectivity index (χ3n) is 6.84. The van der Waals surface area contributed by atoms with E-state index in [0.29, 0.717) is 11.8 Å². The van der Waals surface area contributed by atoms with E-state index in [0.717, 1.165) is 62.1 Å². The standard InChI is InChI=1S/C27H32N2O3/c30-27(29-16-6-9-24(29)18-28-14-4-5-15-28)23-12-10-22(11-13-23)26-20-31-19-25(32-26)17-21-7-2-1-3-8-21/h1-2,7,10-13,19-20,24H,3-6,8-9,14-18H2. The van der Waals surface area contributed by atoms with Crippen LogP contribution in [-0.2, 0) is 9.47 Å². The van der Waals surface area contributed by atoms with Crippen LogP contribution in [-0.4, -0.2) is 47.9 Å². The maximum Gasteiger partial charge on any atom is 0.254 e. The molecule has 168 valence electrons. The van der Waals surface area contributed by atoms with E-state index in [9.17, 15) is 4.79 Å². The smallest absolute Gasteiger partial charge is 0.254 e. The van der Waals surface area contributed by atoms with Gasteiger partial charge in [-0.3, -0.25) is 4.79 Å². The van der Waals surface area contributed by atoms with Crippen molar-refractivity contribution < 1.29 is 14.3 Å². The van der Waals surface area contributed by atoms with Crippen molar-refractivity contribution in [3.8, 4) is 0 Å². The minimum Gasteiger partial charge on any atom is -0.465 e. The summed E-state index contributed by atoms with van der Waals surface area (Å²) in [6.07, 6.45) is 17.4. The van der Waals surface area contributed by atoms with Gasteiger partial charge in [-0.25, -0.2) is 0 Å². The van der Waals surface area contributed by atoms with Gasteiger partial charge < -0.3 is 19.3 Å². The molecule has 2 fully saturated rings. The van der Waals surface area contributed by atoms with Crippen LogP contribution >= 0.6 is 0 Å². The zero-order valence-corrected chi connectivity index (χ0v) is 18.7. The van der Waals surface area contributed by atoms with E-state index in [-0.39, 0.29) is 5.91 Å². The molecule has 32 heavy (non-hydrogen) atoms. The van der Waals surface area contributed by atoms with Gasteiger partial charge in [-0.2, -0.15) is 0 Å². The van der Waals surface area contributed by atoms with E-state index >= 15 is 0 Å². The third kappa shape index (κ3) is 4.83. The van der Waals surface area contributed by atoms with Gasteiger partial charge in [0.15, 0.2) is 5.76 Å². The summed E-state index contributed by atoms with van der Waals surface area (Å²) in [6.45, 7) is 4.23.